The van der Waals surface area contributed by atoms with Crippen molar-refractivity contribution in [1.29, 1.82) is 5.26 Å². The zero-order valence-corrected chi connectivity index (χ0v) is 8.99. The van der Waals surface area contributed by atoms with Crippen molar-refractivity contribution in [3.8, 4) is 6.07 Å². The summed E-state index contributed by atoms with van der Waals surface area (Å²) in [6.45, 7) is 9.47. The lowest BCUT2D eigenvalue weighted by molar-refractivity contribution is -0.147. The first-order chi connectivity index (χ1) is 6.58. The number of allylic oxidation sites excluding steroid dienone is 1. The summed E-state index contributed by atoms with van der Waals surface area (Å²) in [5.41, 5.74) is 0. The zero-order chi connectivity index (χ0) is 11.1. The molecule has 0 radical (unpaired) electrons. The van der Waals surface area contributed by atoms with Crippen molar-refractivity contribution in [2.45, 2.75) is 20.8 Å². The minimum absolute atomic E-state index is 0.0588. The van der Waals surface area contributed by atoms with E-state index in [1.54, 1.807) is 13.0 Å². The number of nitriles is 1. The topological polar surface area (TPSA) is 50.1 Å². The molecule has 0 amide bonds. The van der Waals surface area contributed by atoms with E-state index in [1.807, 2.05) is 19.9 Å². The Morgan fingerprint density at radius 3 is 2.57 bits per heavy atom. The predicted octanol–water partition coefficient (Wildman–Crippen LogP) is 2.15. The largest absolute Gasteiger partial charge is 0.465 e. The van der Waals surface area contributed by atoms with Crippen LogP contribution in [0, 0.1) is 29.1 Å². The number of carbonyl (C=O) groups excluding carboxylic acids is 1. The van der Waals surface area contributed by atoms with Gasteiger partial charge in [-0.2, -0.15) is 5.26 Å². The second-order valence-corrected chi connectivity index (χ2v) is 3.31. The van der Waals surface area contributed by atoms with E-state index in [1.165, 1.54) is 0 Å². The van der Waals surface area contributed by atoms with Crippen molar-refractivity contribution < 1.29 is 9.53 Å². The minimum Gasteiger partial charge on any atom is -0.465 e. The highest BCUT2D eigenvalue weighted by Gasteiger charge is 2.28. The summed E-state index contributed by atoms with van der Waals surface area (Å²) in [6.07, 6.45) is 1.74. The van der Waals surface area contributed by atoms with Crippen LogP contribution < -0.4 is 0 Å². The van der Waals surface area contributed by atoms with Crippen molar-refractivity contribution >= 4 is 5.97 Å². The van der Waals surface area contributed by atoms with Gasteiger partial charge in [-0.25, -0.2) is 0 Å². The monoisotopic (exact) mass is 195 g/mol. The Kier molecular flexibility index (Phi) is 5.62. The number of rotatable bonds is 5. The first-order valence-corrected chi connectivity index (χ1v) is 4.77. The van der Waals surface area contributed by atoms with Gasteiger partial charge in [0.2, 0.25) is 0 Å². The molecule has 0 N–H and O–H groups in total. The average molecular weight is 195 g/mol. The molecule has 3 heteroatoms. The van der Waals surface area contributed by atoms with Gasteiger partial charge in [0.1, 0.15) is 5.92 Å². The van der Waals surface area contributed by atoms with E-state index in [4.69, 9.17) is 10.00 Å². The van der Waals surface area contributed by atoms with Crippen LogP contribution in [0.2, 0.25) is 0 Å². The normalized spacial score (nSPS) is 16.1. The van der Waals surface area contributed by atoms with Gasteiger partial charge in [0.25, 0.3) is 0 Å². The van der Waals surface area contributed by atoms with Crippen LogP contribution >= 0.6 is 0 Å². The molecular formula is C11H17NO2. The van der Waals surface area contributed by atoms with Gasteiger partial charge in [0, 0.05) is 0 Å². The fourth-order valence-corrected chi connectivity index (χ4v) is 1.14. The Balaban J connectivity index is 4.49. The molecule has 0 aliphatic rings. The van der Waals surface area contributed by atoms with Gasteiger partial charge in [-0.05, 0) is 18.8 Å². The molecule has 0 spiro atoms. The quantitative estimate of drug-likeness (QED) is 0.499. The van der Waals surface area contributed by atoms with E-state index >= 15 is 0 Å². The molecule has 0 bridgehead atoms. The molecule has 0 rings (SSSR count). The standard InChI is InChI=1S/C11H17NO2/c1-5-8(3)9(4)10(7-12)11(13)14-6-2/h5,8-10H,1,6H2,2-4H3. The van der Waals surface area contributed by atoms with Crippen LogP contribution in [0.15, 0.2) is 12.7 Å². The summed E-state index contributed by atoms with van der Waals surface area (Å²) < 4.78 is 4.81. The molecule has 3 nitrogen and oxygen atoms in total. The van der Waals surface area contributed by atoms with E-state index in [0.717, 1.165) is 0 Å². The third kappa shape index (κ3) is 3.21. The first-order valence-electron chi connectivity index (χ1n) is 4.77. The van der Waals surface area contributed by atoms with Gasteiger partial charge in [-0.1, -0.05) is 19.9 Å². The van der Waals surface area contributed by atoms with Crippen molar-refractivity contribution in [1.82, 2.24) is 0 Å². The summed E-state index contributed by atoms with van der Waals surface area (Å²) in [5, 5.41) is 8.85. The number of carbonyl (C=O) groups is 1. The average Bonchev–Trinajstić information content (AvgIpc) is 2.18. The molecule has 0 aromatic heterocycles. The Labute approximate surface area is 85.4 Å². The molecule has 0 aliphatic heterocycles. The molecule has 0 heterocycles. The second-order valence-electron chi connectivity index (χ2n) is 3.31. The van der Waals surface area contributed by atoms with Crippen molar-refractivity contribution in [3.63, 3.8) is 0 Å². The molecule has 0 saturated carbocycles. The van der Waals surface area contributed by atoms with Gasteiger partial charge < -0.3 is 4.74 Å². The van der Waals surface area contributed by atoms with Crippen molar-refractivity contribution in [3.05, 3.63) is 12.7 Å². The van der Waals surface area contributed by atoms with Crippen LogP contribution in [0.3, 0.4) is 0 Å². The highest BCUT2D eigenvalue weighted by atomic mass is 16.5. The third-order valence-electron chi connectivity index (χ3n) is 2.41. The van der Waals surface area contributed by atoms with Gasteiger partial charge in [0.05, 0.1) is 12.7 Å². The summed E-state index contributed by atoms with van der Waals surface area (Å²) in [5.74, 6) is -1.06. The van der Waals surface area contributed by atoms with E-state index in [-0.39, 0.29) is 11.8 Å². The summed E-state index contributed by atoms with van der Waals surface area (Å²) >= 11 is 0. The Morgan fingerprint density at radius 2 is 2.21 bits per heavy atom. The molecule has 78 valence electrons. The lowest BCUT2D eigenvalue weighted by Crippen LogP contribution is -2.26. The Hall–Kier alpha value is -1.30. The number of nitrogens with zero attached hydrogens (tertiary/aromatic N) is 1. The lowest BCUT2D eigenvalue weighted by Gasteiger charge is -2.19. The smallest absolute Gasteiger partial charge is 0.323 e. The summed E-state index contributed by atoms with van der Waals surface area (Å²) in [4.78, 5) is 11.4. The SMILES string of the molecule is C=CC(C)C(C)C(C#N)C(=O)OCC. The number of hydrogen-bond acceptors (Lipinski definition) is 3. The van der Waals surface area contributed by atoms with Crippen LogP contribution in [-0.2, 0) is 9.53 Å². The van der Waals surface area contributed by atoms with Crippen LogP contribution in [0.4, 0.5) is 0 Å². The maximum Gasteiger partial charge on any atom is 0.323 e. The number of hydrogen-bond donors (Lipinski definition) is 0. The fraction of sp³-hybridized carbons (Fsp3) is 0.636. The molecule has 3 atom stereocenters. The van der Waals surface area contributed by atoms with Crippen LogP contribution in [0.25, 0.3) is 0 Å². The van der Waals surface area contributed by atoms with Crippen LogP contribution in [0.1, 0.15) is 20.8 Å². The van der Waals surface area contributed by atoms with E-state index in [9.17, 15) is 4.79 Å². The highest BCUT2D eigenvalue weighted by molar-refractivity contribution is 5.75. The lowest BCUT2D eigenvalue weighted by atomic mass is 9.85. The molecule has 0 aliphatic carbocycles. The first kappa shape index (κ1) is 12.7. The summed E-state index contributed by atoms with van der Waals surface area (Å²) in [6, 6.07) is 1.98. The van der Waals surface area contributed by atoms with Gasteiger partial charge in [-0.3, -0.25) is 4.79 Å². The van der Waals surface area contributed by atoms with Gasteiger partial charge in [0.15, 0.2) is 0 Å². The molecule has 3 unspecified atom stereocenters. The zero-order valence-electron chi connectivity index (χ0n) is 8.99. The van der Waals surface area contributed by atoms with E-state index < -0.39 is 11.9 Å². The number of ether oxygens (including phenoxy) is 1. The molecular weight excluding hydrogens is 178 g/mol. The summed E-state index contributed by atoms with van der Waals surface area (Å²) in [7, 11) is 0. The second kappa shape index (κ2) is 6.20. The Morgan fingerprint density at radius 1 is 1.64 bits per heavy atom. The minimum atomic E-state index is -0.692. The molecule has 0 aromatic rings. The van der Waals surface area contributed by atoms with E-state index in [2.05, 4.69) is 6.58 Å². The number of esters is 1. The van der Waals surface area contributed by atoms with Gasteiger partial charge in [-0.15, -0.1) is 6.58 Å². The molecule has 0 aromatic carbocycles. The third-order valence-corrected chi connectivity index (χ3v) is 2.41. The van der Waals surface area contributed by atoms with Crippen molar-refractivity contribution in [2.24, 2.45) is 17.8 Å². The predicted molar refractivity (Wildman–Crippen MR) is 54.3 cm³/mol. The van der Waals surface area contributed by atoms with Gasteiger partial charge >= 0.3 is 5.97 Å². The van der Waals surface area contributed by atoms with Crippen LogP contribution in [-0.4, -0.2) is 12.6 Å². The molecule has 0 saturated heterocycles. The maximum absolute atomic E-state index is 11.4. The van der Waals surface area contributed by atoms with E-state index in [0.29, 0.717) is 6.61 Å². The maximum atomic E-state index is 11.4. The molecule has 14 heavy (non-hydrogen) atoms. The van der Waals surface area contributed by atoms with Crippen LogP contribution in [0.5, 0.6) is 0 Å². The van der Waals surface area contributed by atoms with Crippen molar-refractivity contribution in [2.75, 3.05) is 6.61 Å². The highest BCUT2D eigenvalue weighted by Crippen LogP contribution is 2.22. The molecule has 0 fully saturated rings. The Bertz CT molecular complexity index is 242. The fourth-order valence-electron chi connectivity index (χ4n) is 1.14.